The largest absolute Gasteiger partial charge is 0.375 e. The molecule has 2 aliphatic carbocycles. The van der Waals surface area contributed by atoms with Crippen molar-refractivity contribution in [2.75, 3.05) is 6.61 Å². The second kappa shape index (κ2) is 8.21. The first-order valence-corrected chi connectivity index (χ1v) is 10.5. The molecule has 0 radical (unpaired) electrons. The van der Waals surface area contributed by atoms with Crippen LogP contribution in [0.5, 0.6) is 0 Å². The minimum Gasteiger partial charge on any atom is -0.375 e. The van der Waals surface area contributed by atoms with Crippen molar-refractivity contribution < 1.29 is 9.53 Å². The zero-order chi connectivity index (χ0) is 19.7. The van der Waals surface area contributed by atoms with E-state index < -0.39 is 0 Å². The summed E-state index contributed by atoms with van der Waals surface area (Å²) in [6.07, 6.45) is 5.18. The molecule has 0 aliphatic heterocycles. The third-order valence-electron chi connectivity index (χ3n) is 6.20. The molecule has 1 N–H and O–H groups in total. The lowest BCUT2D eigenvalue weighted by atomic mass is 9.99. The molecular formula is C21H27ClN4O2. The monoisotopic (exact) mass is 402 g/mol. The number of nitrogens with one attached hydrogen (secondary N) is 1. The second-order valence-electron chi connectivity index (χ2n) is 7.85. The highest BCUT2D eigenvalue weighted by atomic mass is 35.5. The van der Waals surface area contributed by atoms with Gasteiger partial charge in [-0.3, -0.25) is 4.79 Å². The Balaban J connectivity index is 1.32. The van der Waals surface area contributed by atoms with Crippen LogP contribution in [0.3, 0.4) is 0 Å². The number of halogens is 1. The van der Waals surface area contributed by atoms with Crippen LogP contribution in [0.1, 0.15) is 55.2 Å². The maximum Gasteiger partial charge on any atom is 0.251 e. The van der Waals surface area contributed by atoms with Gasteiger partial charge in [-0.1, -0.05) is 23.7 Å². The number of aromatic nitrogens is 3. The molecule has 6 nitrogen and oxygen atoms in total. The van der Waals surface area contributed by atoms with Gasteiger partial charge < -0.3 is 10.1 Å². The molecule has 28 heavy (non-hydrogen) atoms. The normalized spacial score (nSPS) is 26.7. The lowest BCUT2D eigenvalue weighted by Crippen LogP contribution is -2.37. The molecular weight excluding hydrogens is 376 g/mol. The van der Waals surface area contributed by atoms with Gasteiger partial charge in [0.2, 0.25) is 0 Å². The summed E-state index contributed by atoms with van der Waals surface area (Å²) in [7, 11) is 0. The van der Waals surface area contributed by atoms with E-state index in [4.69, 9.17) is 16.3 Å². The van der Waals surface area contributed by atoms with Crippen LogP contribution in [0.4, 0.5) is 0 Å². The van der Waals surface area contributed by atoms with E-state index in [1.807, 2.05) is 17.8 Å². The van der Waals surface area contributed by atoms with Crippen LogP contribution in [0, 0.1) is 17.8 Å². The number of ether oxygens (including phenoxy) is 1. The van der Waals surface area contributed by atoms with E-state index in [1.165, 1.54) is 0 Å². The summed E-state index contributed by atoms with van der Waals surface area (Å²) < 4.78 is 7.41. The van der Waals surface area contributed by atoms with Crippen molar-refractivity contribution in [1.82, 2.24) is 20.3 Å². The third kappa shape index (κ3) is 3.94. The molecule has 0 spiro atoms. The Kier molecular flexibility index (Phi) is 5.69. The highest BCUT2D eigenvalue weighted by molar-refractivity contribution is 6.30. The molecule has 7 heteroatoms. The fourth-order valence-corrected chi connectivity index (χ4v) is 4.89. The molecule has 0 saturated heterocycles. The van der Waals surface area contributed by atoms with Gasteiger partial charge in [-0.15, -0.1) is 5.10 Å². The molecule has 1 aromatic carbocycles. The third-order valence-corrected chi connectivity index (χ3v) is 6.45. The van der Waals surface area contributed by atoms with Crippen molar-refractivity contribution in [2.24, 2.45) is 17.8 Å². The molecule has 2 fully saturated rings. The van der Waals surface area contributed by atoms with Gasteiger partial charge in [0, 0.05) is 23.2 Å². The molecule has 150 valence electrons. The molecule has 0 bridgehead atoms. The highest BCUT2D eigenvalue weighted by Gasteiger charge is 2.59. The van der Waals surface area contributed by atoms with Crippen molar-refractivity contribution in [3.63, 3.8) is 0 Å². The van der Waals surface area contributed by atoms with Gasteiger partial charge in [0.25, 0.3) is 5.91 Å². The predicted octanol–water partition coefficient (Wildman–Crippen LogP) is 3.87. The van der Waals surface area contributed by atoms with Gasteiger partial charge in [0.1, 0.15) is 5.69 Å². The van der Waals surface area contributed by atoms with Gasteiger partial charge in [-0.05, 0) is 68.2 Å². The minimum absolute atomic E-state index is 0.0121. The molecule has 2 saturated carbocycles. The molecule has 1 amide bonds. The Bertz CT molecular complexity index is 810. The van der Waals surface area contributed by atoms with Crippen molar-refractivity contribution in [1.29, 1.82) is 0 Å². The van der Waals surface area contributed by atoms with E-state index in [2.05, 4.69) is 22.6 Å². The van der Waals surface area contributed by atoms with E-state index in [1.54, 1.807) is 24.3 Å². The van der Waals surface area contributed by atoms with Crippen LogP contribution in [0.15, 0.2) is 30.5 Å². The summed E-state index contributed by atoms with van der Waals surface area (Å²) in [4.78, 5) is 12.6. The van der Waals surface area contributed by atoms with Gasteiger partial charge >= 0.3 is 0 Å². The maximum absolute atomic E-state index is 12.6. The zero-order valence-electron chi connectivity index (χ0n) is 16.3. The number of nitrogens with zero attached hydrogens (tertiary/aromatic N) is 3. The summed E-state index contributed by atoms with van der Waals surface area (Å²) in [5, 5.41) is 12.4. The van der Waals surface area contributed by atoms with Crippen molar-refractivity contribution in [2.45, 2.75) is 51.8 Å². The first kappa shape index (κ1) is 19.4. The van der Waals surface area contributed by atoms with Crippen LogP contribution in [0.25, 0.3) is 0 Å². The van der Waals surface area contributed by atoms with E-state index >= 15 is 0 Å². The lowest BCUT2D eigenvalue weighted by molar-refractivity contribution is 0.0926. The Labute approximate surface area is 170 Å². The summed E-state index contributed by atoms with van der Waals surface area (Å²) in [6.45, 7) is 5.33. The van der Waals surface area contributed by atoms with E-state index in [0.29, 0.717) is 47.6 Å². The quantitative estimate of drug-likeness (QED) is 0.727. The van der Waals surface area contributed by atoms with Gasteiger partial charge in [0.15, 0.2) is 0 Å². The zero-order valence-corrected chi connectivity index (χ0v) is 17.1. The Morgan fingerprint density at radius 1 is 1.29 bits per heavy atom. The fraction of sp³-hybridized carbons (Fsp3) is 0.571. The number of carbonyl (C=O) groups excluding carboxylic acids is 1. The molecule has 4 rings (SSSR count). The van der Waals surface area contributed by atoms with Crippen LogP contribution < -0.4 is 5.32 Å². The molecule has 2 aliphatic rings. The maximum atomic E-state index is 12.6. The molecule has 1 heterocycles. The number of benzene rings is 1. The molecule has 1 aromatic heterocycles. The minimum atomic E-state index is -0.0121. The van der Waals surface area contributed by atoms with Gasteiger partial charge in [-0.2, -0.15) is 0 Å². The second-order valence-corrected chi connectivity index (χ2v) is 8.29. The Morgan fingerprint density at radius 3 is 2.64 bits per heavy atom. The fourth-order valence-electron chi connectivity index (χ4n) is 4.76. The molecule has 2 aromatic rings. The Morgan fingerprint density at radius 2 is 2.00 bits per heavy atom. The molecule has 5 atom stereocenters. The number of amides is 1. The summed E-state index contributed by atoms with van der Waals surface area (Å²) in [5.41, 5.74) is 1.55. The first-order valence-electron chi connectivity index (χ1n) is 10.2. The average molecular weight is 403 g/mol. The van der Waals surface area contributed by atoms with E-state index in [-0.39, 0.29) is 11.9 Å². The highest BCUT2D eigenvalue weighted by Crippen LogP contribution is 2.62. The van der Waals surface area contributed by atoms with Crippen LogP contribution in [0.2, 0.25) is 5.02 Å². The Hall–Kier alpha value is -1.92. The van der Waals surface area contributed by atoms with Crippen molar-refractivity contribution in [3.05, 3.63) is 46.7 Å². The lowest BCUT2D eigenvalue weighted by Gasteiger charge is -2.21. The standard InChI is InChI=1S/C21H27ClN4O2/c1-3-19(23-21(27)13-5-7-14(22)8-6-13)20-17-9-16(10-18(17)20)26-11-15(24-25-26)12-28-4-2/h5-8,11,16-20H,3-4,9-10,12H2,1-2H3,(H,23,27)/t16?,17-,18+,19?,20?. The molecule has 3 unspecified atom stereocenters. The SMILES string of the molecule is CCOCc1cn(C2C[C@@H]3C(C(CC)NC(=O)c4ccc(Cl)cc4)[C@@H]3C2)nn1. The van der Waals surface area contributed by atoms with E-state index in [9.17, 15) is 4.79 Å². The number of carbonyl (C=O) groups is 1. The first-order chi connectivity index (χ1) is 13.6. The van der Waals surface area contributed by atoms with E-state index in [0.717, 1.165) is 25.0 Å². The smallest absolute Gasteiger partial charge is 0.251 e. The van der Waals surface area contributed by atoms with Crippen molar-refractivity contribution >= 4 is 17.5 Å². The number of hydrogen-bond donors (Lipinski definition) is 1. The summed E-state index contributed by atoms with van der Waals surface area (Å²) >= 11 is 5.91. The van der Waals surface area contributed by atoms with Crippen molar-refractivity contribution in [3.8, 4) is 0 Å². The topological polar surface area (TPSA) is 69.0 Å². The number of hydrogen-bond acceptors (Lipinski definition) is 4. The van der Waals surface area contributed by atoms with Crippen LogP contribution in [-0.2, 0) is 11.3 Å². The number of rotatable bonds is 8. The van der Waals surface area contributed by atoms with Crippen LogP contribution >= 0.6 is 11.6 Å². The summed E-state index contributed by atoms with van der Waals surface area (Å²) in [5.74, 6) is 1.89. The summed E-state index contributed by atoms with van der Waals surface area (Å²) in [6, 6.07) is 7.71. The van der Waals surface area contributed by atoms with Gasteiger partial charge in [0.05, 0.1) is 18.8 Å². The predicted molar refractivity (Wildman–Crippen MR) is 107 cm³/mol. The number of fused-ring (bicyclic) bond motifs is 1. The van der Waals surface area contributed by atoms with Gasteiger partial charge in [-0.25, -0.2) is 4.68 Å². The van der Waals surface area contributed by atoms with Crippen LogP contribution in [-0.4, -0.2) is 33.5 Å². The average Bonchev–Trinajstić information content (AvgIpc) is 3.06.